The van der Waals surface area contributed by atoms with E-state index < -0.39 is 0 Å². The highest BCUT2D eigenvalue weighted by atomic mass is 79.9. The molecule has 1 aromatic carbocycles. The van der Waals surface area contributed by atoms with Gasteiger partial charge < -0.3 is 0 Å². The van der Waals surface area contributed by atoms with Crippen LogP contribution in [0.25, 0.3) is 0 Å². The molecule has 0 atom stereocenters. The number of rotatable bonds is 3. The zero-order chi connectivity index (χ0) is 14.7. The number of amides is 1. The van der Waals surface area contributed by atoms with E-state index in [0.717, 1.165) is 4.47 Å². The third kappa shape index (κ3) is 2.81. The van der Waals surface area contributed by atoms with Crippen LogP contribution in [0.3, 0.4) is 0 Å². The molecule has 0 fully saturated rings. The lowest BCUT2D eigenvalue weighted by molar-refractivity contribution is 0.0962. The summed E-state index contributed by atoms with van der Waals surface area (Å²) in [5, 5.41) is 13.2. The van der Waals surface area contributed by atoms with E-state index >= 15 is 0 Å². The number of benzene rings is 1. The molecule has 0 unspecified atom stereocenters. The minimum Gasteiger partial charge on any atom is -0.281 e. The van der Waals surface area contributed by atoms with Crippen molar-refractivity contribution in [2.45, 2.75) is 6.92 Å². The normalized spacial score (nSPS) is 9.90. The fourth-order valence-electron chi connectivity index (χ4n) is 1.75. The summed E-state index contributed by atoms with van der Waals surface area (Å²) in [4.78, 5) is 12.0. The standard InChI is InChI=1S/C13H12BrN5O/c1-8-11(7-15)12(19(2)18-8)16-17-13(20)9-4-3-5-10(14)6-9/h3-6,16H,1-2H3,(H,17,20). The van der Waals surface area contributed by atoms with Crippen molar-refractivity contribution in [3.63, 3.8) is 0 Å². The van der Waals surface area contributed by atoms with Crippen LogP contribution in [0.1, 0.15) is 21.6 Å². The highest BCUT2D eigenvalue weighted by molar-refractivity contribution is 9.10. The monoisotopic (exact) mass is 333 g/mol. The summed E-state index contributed by atoms with van der Waals surface area (Å²) < 4.78 is 2.33. The van der Waals surface area contributed by atoms with Gasteiger partial charge in [-0.3, -0.25) is 20.3 Å². The number of carbonyl (C=O) groups excluding carboxylic acids is 1. The van der Waals surface area contributed by atoms with Crippen molar-refractivity contribution in [1.82, 2.24) is 15.2 Å². The van der Waals surface area contributed by atoms with Crippen LogP contribution < -0.4 is 10.9 Å². The first-order valence-electron chi connectivity index (χ1n) is 5.78. The van der Waals surface area contributed by atoms with Gasteiger partial charge >= 0.3 is 0 Å². The van der Waals surface area contributed by atoms with Gasteiger partial charge in [0.25, 0.3) is 5.91 Å². The second-order valence-electron chi connectivity index (χ2n) is 4.13. The fraction of sp³-hybridized carbons (Fsp3) is 0.154. The Hall–Kier alpha value is -2.33. The Labute approximate surface area is 124 Å². The summed E-state index contributed by atoms with van der Waals surface area (Å²) in [5.74, 6) is 0.155. The molecule has 6 nitrogen and oxygen atoms in total. The Balaban J connectivity index is 2.14. The number of nitrogens with one attached hydrogen (secondary N) is 2. The number of nitrogens with zero attached hydrogens (tertiary/aromatic N) is 3. The smallest absolute Gasteiger partial charge is 0.269 e. The predicted octanol–water partition coefficient (Wildman–Crippen LogP) is 2.12. The Kier molecular flexibility index (Phi) is 4.05. The molecule has 1 aromatic heterocycles. The van der Waals surface area contributed by atoms with Gasteiger partial charge in [-0.15, -0.1) is 0 Å². The van der Waals surface area contributed by atoms with Gasteiger partial charge in [0.2, 0.25) is 0 Å². The predicted molar refractivity (Wildman–Crippen MR) is 77.9 cm³/mol. The van der Waals surface area contributed by atoms with Crippen LogP contribution in [0.15, 0.2) is 28.7 Å². The summed E-state index contributed by atoms with van der Waals surface area (Å²) in [5.41, 5.74) is 6.80. The van der Waals surface area contributed by atoms with E-state index in [1.165, 1.54) is 4.68 Å². The van der Waals surface area contributed by atoms with E-state index in [1.54, 1.807) is 32.2 Å². The topological polar surface area (TPSA) is 82.7 Å². The van der Waals surface area contributed by atoms with E-state index in [4.69, 9.17) is 5.26 Å². The van der Waals surface area contributed by atoms with Gasteiger partial charge in [-0.1, -0.05) is 22.0 Å². The molecular formula is C13H12BrN5O. The maximum absolute atomic E-state index is 12.0. The molecule has 0 spiro atoms. The van der Waals surface area contributed by atoms with Crippen molar-refractivity contribution in [2.75, 3.05) is 5.43 Å². The summed E-state index contributed by atoms with van der Waals surface area (Å²) >= 11 is 3.31. The summed E-state index contributed by atoms with van der Waals surface area (Å²) in [6.07, 6.45) is 0. The SMILES string of the molecule is Cc1nn(C)c(NNC(=O)c2cccc(Br)c2)c1C#N. The zero-order valence-electron chi connectivity index (χ0n) is 10.9. The number of hydrogen-bond acceptors (Lipinski definition) is 4. The van der Waals surface area contributed by atoms with Gasteiger partial charge in [-0.05, 0) is 25.1 Å². The molecular weight excluding hydrogens is 322 g/mol. The van der Waals surface area contributed by atoms with Crippen LogP contribution in [0.4, 0.5) is 5.82 Å². The Morgan fingerprint density at radius 1 is 1.50 bits per heavy atom. The molecule has 2 N–H and O–H groups in total. The lowest BCUT2D eigenvalue weighted by atomic mass is 10.2. The first kappa shape index (κ1) is 14.1. The van der Waals surface area contributed by atoms with Crippen molar-refractivity contribution in [1.29, 1.82) is 5.26 Å². The van der Waals surface area contributed by atoms with E-state index in [1.807, 2.05) is 6.07 Å². The molecule has 102 valence electrons. The lowest BCUT2D eigenvalue weighted by Crippen LogP contribution is -2.30. The van der Waals surface area contributed by atoms with E-state index in [9.17, 15) is 4.79 Å². The Bertz CT molecular complexity index is 701. The van der Waals surface area contributed by atoms with Gasteiger partial charge in [0.1, 0.15) is 11.6 Å². The number of carbonyl (C=O) groups is 1. The first-order chi connectivity index (χ1) is 9.52. The van der Waals surface area contributed by atoms with Gasteiger partial charge in [-0.2, -0.15) is 10.4 Å². The van der Waals surface area contributed by atoms with Crippen LogP contribution in [-0.4, -0.2) is 15.7 Å². The summed E-state index contributed by atoms with van der Waals surface area (Å²) in [6, 6.07) is 9.06. The number of aromatic nitrogens is 2. The second kappa shape index (κ2) is 5.75. The van der Waals surface area contributed by atoms with Crippen LogP contribution in [0, 0.1) is 18.3 Å². The highest BCUT2D eigenvalue weighted by Gasteiger charge is 2.13. The molecule has 0 saturated heterocycles. The number of hydrazine groups is 1. The summed E-state index contributed by atoms with van der Waals surface area (Å²) in [7, 11) is 1.70. The van der Waals surface area contributed by atoms with Crippen LogP contribution in [-0.2, 0) is 7.05 Å². The Morgan fingerprint density at radius 2 is 2.25 bits per heavy atom. The van der Waals surface area contributed by atoms with Crippen LogP contribution in [0.5, 0.6) is 0 Å². The molecule has 2 aromatic rings. The molecule has 0 aliphatic rings. The van der Waals surface area contributed by atoms with Crippen molar-refractivity contribution in [3.8, 4) is 6.07 Å². The molecule has 1 amide bonds. The average molecular weight is 334 g/mol. The van der Waals surface area contributed by atoms with E-state index in [-0.39, 0.29) is 5.91 Å². The molecule has 0 aliphatic carbocycles. The van der Waals surface area contributed by atoms with Crippen molar-refractivity contribution < 1.29 is 4.79 Å². The second-order valence-corrected chi connectivity index (χ2v) is 5.05. The fourth-order valence-corrected chi connectivity index (χ4v) is 2.15. The third-order valence-corrected chi connectivity index (χ3v) is 3.21. The number of nitriles is 1. The molecule has 2 rings (SSSR count). The molecule has 1 heterocycles. The maximum Gasteiger partial charge on any atom is 0.269 e. The van der Waals surface area contributed by atoms with Crippen molar-refractivity contribution in [3.05, 3.63) is 45.6 Å². The minimum absolute atomic E-state index is 0.297. The largest absolute Gasteiger partial charge is 0.281 e. The maximum atomic E-state index is 12.0. The molecule has 0 bridgehead atoms. The average Bonchev–Trinajstić information content (AvgIpc) is 2.69. The van der Waals surface area contributed by atoms with Crippen molar-refractivity contribution in [2.24, 2.45) is 7.05 Å². The zero-order valence-corrected chi connectivity index (χ0v) is 12.5. The molecule has 0 aliphatic heterocycles. The van der Waals surface area contributed by atoms with Gasteiger partial charge in [0.05, 0.1) is 5.69 Å². The number of aryl methyl sites for hydroxylation is 2. The number of hydrogen-bond donors (Lipinski definition) is 2. The first-order valence-corrected chi connectivity index (χ1v) is 6.58. The van der Waals surface area contributed by atoms with Gasteiger partial charge in [0.15, 0.2) is 5.82 Å². The van der Waals surface area contributed by atoms with Gasteiger partial charge in [-0.25, -0.2) is 0 Å². The van der Waals surface area contributed by atoms with Crippen LogP contribution in [0.2, 0.25) is 0 Å². The number of halogens is 1. The summed E-state index contributed by atoms with van der Waals surface area (Å²) in [6.45, 7) is 1.74. The van der Waals surface area contributed by atoms with Crippen molar-refractivity contribution >= 4 is 27.7 Å². The molecule has 20 heavy (non-hydrogen) atoms. The lowest BCUT2D eigenvalue weighted by Gasteiger charge is -2.09. The van der Waals surface area contributed by atoms with Gasteiger partial charge in [0, 0.05) is 17.1 Å². The molecule has 7 heteroatoms. The Morgan fingerprint density at radius 3 is 2.90 bits per heavy atom. The van der Waals surface area contributed by atoms with E-state index in [0.29, 0.717) is 22.6 Å². The highest BCUT2D eigenvalue weighted by Crippen LogP contribution is 2.16. The van der Waals surface area contributed by atoms with Crippen LogP contribution >= 0.6 is 15.9 Å². The third-order valence-electron chi connectivity index (χ3n) is 2.72. The molecule has 0 radical (unpaired) electrons. The molecule has 0 saturated carbocycles. The van der Waals surface area contributed by atoms with E-state index in [2.05, 4.69) is 37.9 Å². The quantitative estimate of drug-likeness (QED) is 0.843. The number of anilines is 1. The minimum atomic E-state index is -0.297.